The molecule has 5 nitrogen and oxygen atoms in total. The summed E-state index contributed by atoms with van der Waals surface area (Å²) < 4.78 is 19.3. The van der Waals surface area contributed by atoms with Crippen molar-refractivity contribution in [3.8, 4) is 11.3 Å². The Bertz CT molecular complexity index is 600. The highest BCUT2D eigenvalue weighted by molar-refractivity contribution is 7.47. The molecule has 0 N–H and O–H groups in total. The van der Waals surface area contributed by atoms with Crippen LogP contribution in [-0.2, 0) is 16.6 Å². The number of methoxy groups -OCH3 is 1. The number of carbonyl (C=O) groups is 1. The maximum atomic E-state index is 13.1. The van der Waals surface area contributed by atoms with Crippen molar-refractivity contribution in [1.29, 1.82) is 0 Å². The molecular weight excluding hydrogens is 268 g/mol. The van der Waals surface area contributed by atoms with E-state index in [9.17, 15) is 9.18 Å². The minimum absolute atomic E-state index is 0.235. The number of nitrogens with zero attached hydrogens (tertiary/aromatic N) is 3. The van der Waals surface area contributed by atoms with Crippen LogP contribution in [0.2, 0.25) is 0 Å². The fourth-order valence-corrected chi connectivity index (χ4v) is 2.55. The third kappa shape index (κ3) is 3.35. The van der Waals surface area contributed by atoms with Gasteiger partial charge >= 0.3 is 5.97 Å². The van der Waals surface area contributed by atoms with Gasteiger partial charge in [0.05, 0.1) is 24.4 Å². The van der Waals surface area contributed by atoms with Gasteiger partial charge in [-0.15, -0.1) is 0 Å². The molecule has 1 unspecified atom stereocenters. The molecule has 0 saturated carbocycles. The van der Waals surface area contributed by atoms with Crippen molar-refractivity contribution in [3.05, 3.63) is 30.3 Å². The molecule has 0 aliphatic heterocycles. The quantitative estimate of drug-likeness (QED) is 0.478. The second kappa shape index (κ2) is 5.89. The Labute approximate surface area is 111 Å². The first-order chi connectivity index (χ1) is 9.10. The zero-order chi connectivity index (χ0) is 13.8. The van der Waals surface area contributed by atoms with Crippen molar-refractivity contribution in [2.75, 3.05) is 13.3 Å². The Hall–Kier alpha value is -1.81. The minimum atomic E-state index is -0.530. The molecule has 0 saturated heterocycles. The maximum absolute atomic E-state index is 13.1. The van der Waals surface area contributed by atoms with E-state index in [4.69, 9.17) is 0 Å². The molecule has 0 amide bonds. The van der Waals surface area contributed by atoms with E-state index in [2.05, 4.69) is 14.8 Å². The van der Waals surface area contributed by atoms with Crippen LogP contribution in [0.15, 0.2) is 24.4 Å². The zero-order valence-corrected chi connectivity index (χ0v) is 11.6. The Morgan fingerprint density at radius 1 is 1.53 bits per heavy atom. The van der Waals surface area contributed by atoms with E-state index in [1.807, 2.05) is 6.07 Å². The van der Waals surface area contributed by atoms with Crippen LogP contribution in [0.1, 0.15) is 0 Å². The van der Waals surface area contributed by atoms with Gasteiger partial charge in [-0.25, -0.2) is 4.98 Å². The summed E-state index contributed by atoms with van der Waals surface area (Å²) in [7, 11) is 3.37. The van der Waals surface area contributed by atoms with Crippen LogP contribution in [0.3, 0.4) is 0 Å². The largest absolute Gasteiger partial charge is 0.469 e. The highest BCUT2D eigenvalue weighted by Crippen LogP contribution is 2.20. The standard InChI is InChI=1S/C12H13FN3O2P/c1-16-9(8-3-4-14-10(13)5-8)6-11(15-16)19-7-12(17)18-2/h3-6,19H,7H2,1-2H3. The lowest BCUT2D eigenvalue weighted by atomic mass is 10.2. The Morgan fingerprint density at radius 2 is 2.32 bits per heavy atom. The first-order valence-corrected chi connectivity index (χ1v) is 6.77. The number of aryl methyl sites for hydroxylation is 1. The summed E-state index contributed by atoms with van der Waals surface area (Å²) in [6.07, 6.45) is 1.71. The van der Waals surface area contributed by atoms with Crippen molar-refractivity contribution < 1.29 is 13.9 Å². The predicted molar refractivity (Wildman–Crippen MR) is 71.2 cm³/mol. The number of rotatable bonds is 4. The summed E-state index contributed by atoms with van der Waals surface area (Å²) in [6.45, 7) is 0. The van der Waals surface area contributed by atoms with E-state index < -0.39 is 5.95 Å². The van der Waals surface area contributed by atoms with Crippen molar-refractivity contribution in [2.45, 2.75) is 0 Å². The fourth-order valence-electron chi connectivity index (χ4n) is 1.62. The molecule has 0 aromatic carbocycles. The number of carbonyl (C=O) groups excluding carboxylic acids is 1. The molecule has 0 spiro atoms. The number of aromatic nitrogens is 3. The highest BCUT2D eigenvalue weighted by Gasteiger charge is 2.10. The van der Waals surface area contributed by atoms with Crippen LogP contribution in [-0.4, -0.2) is 34.0 Å². The van der Waals surface area contributed by atoms with Gasteiger partial charge in [0, 0.05) is 24.9 Å². The number of esters is 1. The maximum Gasteiger partial charge on any atom is 0.309 e. The minimum Gasteiger partial charge on any atom is -0.469 e. The highest BCUT2D eigenvalue weighted by atomic mass is 31.1. The Kier molecular flexibility index (Phi) is 4.22. The summed E-state index contributed by atoms with van der Waals surface area (Å²) >= 11 is 0. The van der Waals surface area contributed by atoms with Crippen LogP contribution in [0, 0.1) is 5.95 Å². The summed E-state index contributed by atoms with van der Waals surface area (Å²) in [6, 6.07) is 4.91. The van der Waals surface area contributed by atoms with Gasteiger partial charge in [-0.1, -0.05) is 8.58 Å². The van der Waals surface area contributed by atoms with Gasteiger partial charge in [-0.2, -0.15) is 9.49 Å². The topological polar surface area (TPSA) is 57.0 Å². The average Bonchev–Trinajstić information content (AvgIpc) is 2.77. The smallest absolute Gasteiger partial charge is 0.309 e. The van der Waals surface area contributed by atoms with Crippen LogP contribution in [0.4, 0.5) is 4.39 Å². The van der Waals surface area contributed by atoms with Gasteiger partial charge in [0.25, 0.3) is 0 Å². The van der Waals surface area contributed by atoms with Crippen molar-refractivity contribution >= 4 is 20.0 Å². The molecule has 2 heterocycles. The number of pyridine rings is 1. The van der Waals surface area contributed by atoms with Crippen molar-refractivity contribution in [1.82, 2.24) is 14.8 Å². The van der Waals surface area contributed by atoms with Gasteiger partial charge in [0.1, 0.15) is 0 Å². The molecule has 0 aliphatic carbocycles. The summed E-state index contributed by atoms with van der Waals surface area (Å²) in [5.74, 6) is -0.794. The number of hydrogen-bond acceptors (Lipinski definition) is 4. The Morgan fingerprint density at radius 3 is 3.00 bits per heavy atom. The molecule has 19 heavy (non-hydrogen) atoms. The number of hydrogen-bond donors (Lipinski definition) is 0. The van der Waals surface area contributed by atoms with Gasteiger partial charge in [0.2, 0.25) is 5.95 Å². The third-order valence-corrected chi connectivity index (χ3v) is 3.62. The first-order valence-electron chi connectivity index (χ1n) is 5.57. The van der Waals surface area contributed by atoms with Gasteiger partial charge in [-0.05, 0) is 12.1 Å². The van der Waals surface area contributed by atoms with E-state index >= 15 is 0 Å². The van der Waals surface area contributed by atoms with Crippen molar-refractivity contribution in [2.24, 2.45) is 7.05 Å². The molecule has 0 radical (unpaired) electrons. The van der Waals surface area contributed by atoms with E-state index in [1.165, 1.54) is 19.4 Å². The first kappa shape index (κ1) is 13.6. The van der Waals surface area contributed by atoms with E-state index in [0.29, 0.717) is 11.7 Å². The lowest BCUT2D eigenvalue weighted by Gasteiger charge is -2.00. The molecule has 2 aromatic rings. The average molecular weight is 281 g/mol. The molecule has 100 valence electrons. The SMILES string of the molecule is COC(=O)CPc1cc(-c2ccnc(F)c2)n(C)n1. The summed E-state index contributed by atoms with van der Waals surface area (Å²) in [4.78, 5) is 14.6. The zero-order valence-electron chi connectivity index (χ0n) is 10.6. The molecule has 1 atom stereocenters. The molecule has 0 fully saturated rings. The lowest BCUT2D eigenvalue weighted by molar-refractivity contribution is -0.137. The van der Waals surface area contributed by atoms with Crippen LogP contribution >= 0.6 is 8.58 Å². The third-order valence-electron chi connectivity index (χ3n) is 2.54. The van der Waals surface area contributed by atoms with Gasteiger partial charge < -0.3 is 4.74 Å². The van der Waals surface area contributed by atoms with E-state index in [-0.39, 0.29) is 14.6 Å². The monoisotopic (exact) mass is 281 g/mol. The second-order valence-electron chi connectivity index (χ2n) is 3.84. The molecule has 2 aromatic heterocycles. The summed E-state index contributed by atoms with van der Waals surface area (Å²) in [5, 5.41) is 4.30. The molecule has 2 rings (SSSR count). The lowest BCUT2D eigenvalue weighted by Crippen LogP contribution is -2.07. The number of halogens is 1. The van der Waals surface area contributed by atoms with Crippen LogP contribution in [0.5, 0.6) is 0 Å². The molecule has 0 aliphatic rings. The van der Waals surface area contributed by atoms with E-state index in [1.54, 1.807) is 17.8 Å². The van der Waals surface area contributed by atoms with E-state index in [0.717, 1.165) is 11.1 Å². The van der Waals surface area contributed by atoms with Crippen molar-refractivity contribution in [3.63, 3.8) is 0 Å². The van der Waals surface area contributed by atoms with Crippen LogP contribution in [0.25, 0.3) is 11.3 Å². The van der Waals surface area contributed by atoms with Crippen LogP contribution < -0.4 is 5.44 Å². The fraction of sp³-hybridized carbons (Fsp3) is 0.250. The predicted octanol–water partition coefficient (Wildman–Crippen LogP) is 1.10. The second-order valence-corrected chi connectivity index (χ2v) is 5.05. The molecule has 0 bridgehead atoms. The normalized spacial score (nSPS) is 11.1. The Balaban J connectivity index is 2.19. The number of ether oxygens (including phenoxy) is 1. The van der Waals surface area contributed by atoms with Gasteiger partial charge in [0.15, 0.2) is 0 Å². The molecule has 7 heteroatoms. The molecular formula is C12H13FN3O2P. The van der Waals surface area contributed by atoms with Gasteiger partial charge in [-0.3, -0.25) is 9.48 Å². The summed E-state index contributed by atoms with van der Waals surface area (Å²) in [5.41, 5.74) is 2.28.